The standard InChI is InChI=1S/C14H11BrO4/c1-8-9(4-3-5-10(8)15)13(16)11-6-7-12(19-11)14(17)18-2/h3-7H,1-2H3. The fourth-order valence-electron chi connectivity index (χ4n) is 1.66. The van der Waals surface area contributed by atoms with Crippen molar-refractivity contribution in [3.63, 3.8) is 0 Å². The van der Waals surface area contributed by atoms with Crippen molar-refractivity contribution in [2.45, 2.75) is 6.92 Å². The average Bonchev–Trinajstić information content (AvgIpc) is 2.90. The van der Waals surface area contributed by atoms with Gasteiger partial charge in [-0.05, 0) is 30.7 Å². The molecule has 2 aromatic rings. The summed E-state index contributed by atoms with van der Waals surface area (Å²) in [5.74, 6) is -0.751. The van der Waals surface area contributed by atoms with Crippen LogP contribution in [0.2, 0.25) is 0 Å². The maximum absolute atomic E-state index is 12.3. The Morgan fingerprint density at radius 3 is 2.53 bits per heavy atom. The Bertz CT molecular complexity index is 643. The zero-order chi connectivity index (χ0) is 14.0. The fraction of sp³-hybridized carbons (Fsp3) is 0.143. The molecule has 4 nitrogen and oxygen atoms in total. The molecular weight excluding hydrogens is 312 g/mol. The third-order valence-electron chi connectivity index (χ3n) is 2.73. The lowest BCUT2D eigenvalue weighted by Gasteiger charge is -2.04. The van der Waals surface area contributed by atoms with E-state index < -0.39 is 5.97 Å². The average molecular weight is 323 g/mol. The van der Waals surface area contributed by atoms with Crippen molar-refractivity contribution >= 4 is 27.7 Å². The lowest BCUT2D eigenvalue weighted by molar-refractivity contribution is 0.0563. The number of furan rings is 1. The number of esters is 1. The molecule has 0 saturated carbocycles. The Kier molecular flexibility index (Phi) is 3.85. The number of carbonyl (C=O) groups is 2. The maximum atomic E-state index is 12.3. The molecule has 0 aliphatic heterocycles. The molecule has 0 atom stereocenters. The van der Waals surface area contributed by atoms with Gasteiger partial charge in [-0.3, -0.25) is 4.79 Å². The number of benzene rings is 1. The number of hydrogen-bond acceptors (Lipinski definition) is 4. The molecule has 0 saturated heterocycles. The van der Waals surface area contributed by atoms with Crippen molar-refractivity contribution in [1.29, 1.82) is 0 Å². The van der Waals surface area contributed by atoms with Crippen molar-refractivity contribution in [2.75, 3.05) is 7.11 Å². The number of hydrogen-bond donors (Lipinski definition) is 0. The van der Waals surface area contributed by atoms with Gasteiger partial charge in [-0.15, -0.1) is 0 Å². The highest BCUT2D eigenvalue weighted by molar-refractivity contribution is 9.10. The minimum absolute atomic E-state index is 0.0125. The van der Waals surface area contributed by atoms with Gasteiger partial charge in [0.1, 0.15) is 0 Å². The third kappa shape index (κ3) is 2.61. The molecule has 1 aromatic carbocycles. The summed E-state index contributed by atoms with van der Waals surface area (Å²) < 4.78 is 10.6. The van der Waals surface area contributed by atoms with Crippen LogP contribution in [0.5, 0.6) is 0 Å². The fourth-order valence-corrected chi connectivity index (χ4v) is 2.02. The van der Waals surface area contributed by atoms with Crippen LogP contribution < -0.4 is 0 Å². The van der Waals surface area contributed by atoms with Crippen LogP contribution in [0.3, 0.4) is 0 Å². The molecule has 98 valence electrons. The van der Waals surface area contributed by atoms with Crippen molar-refractivity contribution in [2.24, 2.45) is 0 Å². The number of ether oxygens (including phenoxy) is 1. The number of halogens is 1. The lowest BCUT2D eigenvalue weighted by Crippen LogP contribution is -2.03. The van der Waals surface area contributed by atoms with Gasteiger partial charge in [0.05, 0.1) is 7.11 Å². The van der Waals surface area contributed by atoms with Crippen molar-refractivity contribution in [3.8, 4) is 0 Å². The van der Waals surface area contributed by atoms with Crippen molar-refractivity contribution in [3.05, 3.63) is 57.5 Å². The highest BCUT2D eigenvalue weighted by atomic mass is 79.9. The first-order valence-electron chi connectivity index (χ1n) is 5.52. The highest BCUT2D eigenvalue weighted by Gasteiger charge is 2.19. The van der Waals surface area contributed by atoms with Gasteiger partial charge in [-0.25, -0.2) is 4.79 Å². The van der Waals surface area contributed by atoms with Crippen LogP contribution in [0.1, 0.15) is 32.2 Å². The van der Waals surface area contributed by atoms with Crippen LogP contribution in [0.25, 0.3) is 0 Å². The molecule has 0 aliphatic carbocycles. The summed E-state index contributed by atoms with van der Waals surface area (Å²) in [6, 6.07) is 8.23. The predicted molar refractivity (Wildman–Crippen MR) is 72.4 cm³/mol. The van der Waals surface area contributed by atoms with E-state index in [9.17, 15) is 9.59 Å². The van der Waals surface area contributed by atoms with Crippen LogP contribution in [0.15, 0.2) is 39.2 Å². The molecule has 19 heavy (non-hydrogen) atoms. The quantitative estimate of drug-likeness (QED) is 0.642. The van der Waals surface area contributed by atoms with E-state index >= 15 is 0 Å². The van der Waals surface area contributed by atoms with Gasteiger partial charge in [0, 0.05) is 10.0 Å². The van der Waals surface area contributed by atoms with Crippen LogP contribution in [0.4, 0.5) is 0 Å². The second-order valence-electron chi connectivity index (χ2n) is 3.90. The van der Waals surface area contributed by atoms with Gasteiger partial charge < -0.3 is 9.15 Å². The Balaban J connectivity index is 2.37. The molecule has 1 aromatic heterocycles. The molecular formula is C14H11BrO4. The van der Waals surface area contributed by atoms with Crippen molar-refractivity contribution < 1.29 is 18.7 Å². The molecule has 2 rings (SSSR count). The molecule has 0 radical (unpaired) electrons. The SMILES string of the molecule is COC(=O)c1ccc(C(=O)c2cccc(Br)c2C)o1. The van der Waals surface area contributed by atoms with E-state index in [4.69, 9.17) is 4.42 Å². The zero-order valence-electron chi connectivity index (χ0n) is 10.4. The number of methoxy groups -OCH3 is 1. The van der Waals surface area contributed by atoms with E-state index in [0.717, 1.165) is 10.0 Å². The molecule has 0 spiro atoms. The lowest BCUT2D eigenvalue weighted by atomic mass is 10.0. The van der Waals surface area contributed by atoms with Gasteiger partial charge in [-0.1, -0.05) is 28.1 Å². The van der Waals surface area contributed by atoms with E-state index in [1.54, 1.807) is 12.1 Å². The summed E-state index contributed by atoms with van der Waals surface area (Å²) in [6.07, 6.45) is 0. The van der Waals surface area contributed by atoms with Crippen molar-refractivity contribution in [1.82, 2.24) is 0 Å². The van der Waals surface area contributed by atoms with Crippen LogP contribution >= 0.6 is 15.9 Å². The Morgan fingerprint density at radius 1 is 1.16 bits per heavy atom. The number of ketones is 1. The number of carbonyl (C=O) groups excluding carboxylic acids is 2. The van der Waals surface area contributed by atoms with Crippen LogP contribution in [-0.2, 0) is 4.74 Å². The summed E-state index contributed by atoms with van der Waals surface area (Å²) in [5, 5.41) is 0. The molecule has 0 bridgehead atoms. The van der Waals surface area contributed by atoms with E-state index in [2.05, 4.69) is 20.7 Å². The van der Waals surface area contributed by atoms with Gasteiger partial charge in [0.2, 0.25) is 11.5 Å². The molecule has 5 heteroatoms. The summed E-state index contributed by atoms with van der Waals surface area (Å²) in [5.41, 5.74) is 1.35. The second-order valence-corrected chi connectivity index (χ2v) is 4.75. The van der Waals surface area contributed by atoms with Gasteiger partial charge in [-0.2, -0.15) is 0 Å². The molecule has 0 unspecified atom stereocenters. The first kappa shape index (κ1) is 13.5. The molecule has 0 amide bonds. The molecule has 0 aliphatic rings. The van der Waals surface area contributed by atoms with Gasteiger partial charge in [0.15, 0.2) is 5.76 Å². The van der Waals surface area contributed by atoms with Gasteiger partial charge >= 0.3 is 5.97 Å². The number of rotatable bonds is 3. The summed E-state index contributed by atoms with van der Waals surface area (Å²) in [7, 11) is 1.25. The zero-order valence-corrected chi connectivity index (χ0v) is 12.0. The summed E-state index contributed by atoms with van der Waals surface area (Å²) in [4.78, 5) is 23.5. The maximum Gasteiger partial charge on any atom is 0.373 e. The smallest absolute Gasteiger partial charge is 0.373 e. The monoisotopic (exact) mass is 322 g/mol. The van der Waals surface area contributed by atoms with E-state index in [1.807, 2.05) is 13.0 Å². The van der Waals surface area contributed by atoms with Crippen LogP contribution in [-0.4, -0.2) is 18.9 Å². The largest absolute Gasteiger partial charge is 0.463 e. The Labute approximate surface area is 118 Å². The first-order chi connectivity index (χ1) is 9.04. The summed E-state index contributed by atoms with van der Waals surface area (Å²) >= 11 is 3.37. The molecule has 0 N–H and O–H groups in total. The van der Waals surface area contributed by atoms with E-state index in [1.165, 1.54) is 19.2 Å². The second kappa shape index (κ2) is 5.40. The molecule has 1 heterocycles. The topological polar surface area (TPSA) is 56.5 Å². The predicted octanol–water partition coefficient (Wildman–Crippen LogP) is 3.37. The van der Waals surface area contributed by atoms with Crippen LogP contribution in [0, 0.1) is 6.92 Å². The Hall–Kier alpha value is -1.88. The minimum atomic E-state index is -0.606. The van der Waals surface area contributed by atoms with E-state index in [0.29, 0.717) is 5.56 Å². The normalized spacial score (nSPS) is 10.3. The summed E-state index contributed by atoms with van der Waals surface area (Å²) in [6.45, 7) is 1.83. The first-order valence-corrected chi connectivity index (χ1v) is 6.32. The van der Waals surface area contributed by atoms with E-state index in [-0.39, 0.29) is 17.3 Å². The highest BCUT2D eigenvalue weighted by Crippen LogP contribution is 2.22. The third-order valence-corrected chi connectivity index (χ3v) is 3.59. The molecule has 0 fully saturated rings. The Morgan fingerprint density at radius 2 is 1.84 bits per heavy atom. The van der Waals surface area contributed by atoms with Gasteiger partial charge in [0.25, 0.3) is 0 Å². The minimum Gasteiger partial charge on any atom is -0.463 e.